The van der Waals surface area contributed by atoms with E-state index in [-0.39, 0.29) is 0 Å². The van der Waals surface area contributed by atoms with Gasteiger partial charge in [-0.3, -0.25) is 10.0 Å². The molecule has 0 spiro atoms. The minimum Gasteiger partial charge on any atom is -0.369 e. The highest BCUT2D eigenvalue weighted by Gasteiger charge is 2.29. The lowest BCUT2D eigenvalue weighted by Gasteiger charge is -2.36. The van der Waals surface area contributed by atoms with E-state index in [1.54, 1.807) is 43.6 Å². The average molecular weight is 327 g/mol. The molecule has 7 nitrogen and oxygen atoms in total. The van der Waals surface area contributed by atoms with Crippen molar-refractivity contribution in [3.8, 4) is 0 Å². The largest absolute Gasteiger partial charge is 0.369 e. The lowest BCUT2D eigenvalue weighted by atomic mass is 10.2. The number of hydrogen-bond donors (Lipinski definition) is 2. The summed E-state index contributed by atoms with van der Waals surface area (Å²) in [7, 11) is -3.20. The van der Waals surface area contributed by atoms with Gasteiger partial charge < -0.3 is 4.90 Å². The van der Waals surface area contributed by atoms with Crippen molar-refractivity contribution in [3.63, 3.8) is 0 Å². The monoisotopic (exact) mass is 327 g/mol. The van der Waals surface area contributed by atoms with Crippen molar-refractivity contribution in [1.29, 1.82) is 0 Å². The number of piperazine rings is 1. The molecule has 1 fully saturated rings. The molecular weight excluding hydrogens is 306 g/mol. The topological polar surface area (TPSA) is 90.0 Å². The highest BCUT2D eigenvalue weighted by molar-refractivity contribution is 7.89. The van der Waals surface area contributed by atoms with Crippen molar-refractivity contribution in [2.75, 3.05) is 31.1 Å². The quantitative estimate of drug-likeness (QED) is 0.626. The third-order valence-corrected chi connectivity index (χ3v) is 6.07. The predicted molar refractivity (Wildman–Crippen MR) is 83.5 cm³/mol. The van der Waals surface area contributed by atoms with E-state index in [1.807, 2.05) is 0 Å². The van der Waals surface area contributed by atoms with E-state index in [0.717, 1.165) is 5.69 Å². The first-order valence-electron chi connectivity index (χ1n) is 7.14. The van der Waals surface area contributed by atoms with Crippen LogP contribution >= 0.6 is 0 Å². The maximum absolute atomic E-state index is 12.1. The molecule has 0 aromatic heterocycles. The molecule has 0 unspecified atom stereocenters. The zero-order chi connectivity index (χ0) is 16.3. The van der Waals surface area contributed by atoms with Crippen molar-refractivity contribution >= 4 is 21.6 Å². The first-order valence-corrected chi connectivity index (χ1v) is 8.65. The smallest absolute Gasteiger partial charge is 0.274 e. The Balaban J connectivity index is 2.01. The summed E-state index contributed by atoms with van der Waals surface area (Å²) in [5, 5.41) is 8.18. The first-order chi connectivity index (χ1) is 10.4. The van der Waals surface area contributed by atoms with Crippen LogP contribution in [0.2, 0.25) is 0 Å². The maximum atomic E-state index is 12.1. The summed E-state index contributed by atoms with van der Waals surface area (Å²) in [6.45, 7) is 5.51. The van der Waals surface area contributed by atoms with E-state index in [2.05, 4.69) is 4.90 Å². The Labute approximate surface area is 130 Å². The summed E-state index contributed by atoms with van der Waals surface area (Å²) in [5.74, 6) is -0.556. The number of benzene rings is 1. The van der Waals surface area contributed by atoms with E-state index in [4.69, 9.17) is 5.21 Å². The predicted octanol–water partition coefficient (Wildman–Crippen LogP) is 0.666. The molecule has 1 amide bonds. The molecule has 2 rings (SSSR count). The molecule has 1 heterocycles. The number of carbonyl (C=O) groups excluding carboxylic acids is 1. The van der Waals surface area contributed by atoms with Gasteiger partial charge in [-0.25, -0.2) is 13.9 Å². The third-order valence-electron chi connectivity index (χ3n) is 3.79. The molecule has 1 aliphatic heterocycles. The van der Waals surface area contributed by atoms with Crippen LogP contribution in [-0.2, 0) is 10.0 Å². The average Bonchev–Trinajstić information content (AvgIpc) is 2.54. The molecule has 0 radical (unpaired) electrons. The van der Waals surface area contributed by atoms with Crippen LogP contribution < -0.4 is 10.4 Å². The van der Waals surface area contributed by atoms with Crippen LogP contribution in [0.25, 0.3) is 0 Å². The number of amides is 1. The minimum absolute atomic E-state index is 0.368. The molecule has 0 bridgehead atoms. The third kappa shape index (κ3) is 3.40. The van der Waals surface area contributed by atoms with Gasteiger partial charge in [-0.1, -0.05) is 0 Å². The Morgan fingerprint density at radius 2 is 1.68 bits per heavy atom. The molecule has 22 heavy (non-hydrogen) atoms. The summed E-state index contributed by atoms with van der Waals surface area (Å²) in [5.41, 5.74) is 2.88. The van der Waals surface area contributed by atoms with Gasteiger partial charge in [0.1, 0.15) is 0 Å². The van der Waals surface area contributed by atoms with Crippen molar-refractivity contribution < 1.29 is 18.4 Å². The van der Waals surface area contributed by atoms with E-state index in [0.29, 0.717) is 31.7 Å². The SMILES string of the molecule is CC(C)S(=O)(=O)N1CCN(c2ccc(C(=O)NO)cc2)CC1. The number of anilines is 1. The van der Waals surface area contributed by atoms with Gasteiger partial charge in [-0.05, 0) is 38.1 Å². The van der Waals surface area contributed by atoms with Crippen LogP contribution in [0.15, 0.2) is 24.3 Å². The number of carbonyl (C=O) groups is 1. The normalized spacial score (nSPS) is 16.8. The standard InChI is InChI=1S/C14H21N3O4S/c1-11(2)22(20,21)17-9-7-16(8-10-17)13-5-3-12(4-6-13)14(18)15-19/h3-6,11,19H,7-10H2,1-2H3,(H,15,18). The molecule has 8 heteroatoms. The fourth-order valence-electron chi connectivity index (χ4n) is 2.39. The molecular formula is C14H21N3O4S. The lowest BCUT2D eigenvalue weighted by Crippen LogP contribution is -2.50. The van der Waals surface area contributed by atoms with Crippen LogP contribution in [0.4, 0.5) is 5.69 Å². The van der Waals surface area contributed by atoms with Gasteiger partial charge >= 0.3 is 0 Å². The Morgan fingerprint density at radius 3 is 2.14 bits per heavy atom. The van der Waals surface area contributed by atoms with Crippen molar-refractivity contribution in [2.24, 2.45) is 0 Å². The minimum atomic E-state index is -3.20. The van der Waals surface area contributed by atoms with Crippen LogP contribution in [0.1, 0.15) is 24.2 Å². The second-order valence-electron chi connectivity index (χ2n) is 5.47. The molecule has 1 aromatic rings. The summed E-state index contributed by atoms with van der Waals surface area (Å²) in [6.07, 6.45) is 0. The van der Waals surface area contributed by atoms with Crippen LogP contribution in [0.5, 0.6) is 0 Å². The highest BCUT2D eigenvalue weighted by atomic mass is 32.2. The van der Waals surface area contributed by atoms with Gasteiger partial charge in [0.05, 0.1) is 5.25 Å². The van der Waals surface area contributed by atoms with Crippen LogP contribution in [-0.4, -0.2) is 55.3 Å². The Bertz CT molecular complexity index is 620. The number of nitrogens with zero attached hydrogens (tertiary/aromatic N) is 2. The van der Waals surface area contributed by atoms with Crippen molar-refractivity contribution in [2.45, 2.75) is 19.1 Å². The number of rotatable bonds is 4. The first kappa shape index (κ1) is 16.7. The molecule has 122 valence electrons. The summed E-state index contributed by atoms with van der Waals surface area (Å²) >= 11 is 0. The van der Waals surface area contributed by atoms with E-state index in [9.17, 15) is 13.2 Å². The zero-order valence-electron chi connectivity index (χ0n) is 12.7. The van der Waals surface area contributed by atoms with Gasteiger partial charge in [-0.2, -0.15) is 4.31 Å². The maximum Gasteiger partial charge on any atom is 0.274 e. The summed E-state index contributed by atoms with van der Waals surface area (Å²) in [6, 6.07) is 6.82. The summed E-state index contributed by atoms with van der Waals surface area (Å²) in [4.78, 5) is 13.3. The van der Waals surface area contributed by atoms with Gasteiger partial charge in [-0.15, -0.1) is 0 Å². The van der Waals surface area contributed by atoms with E-state index in [1.165, 1.54) is 4.31 Å². The van der Waals surface area contributed by atoms with Crippen LogP contribution in [0, 0.1) is 0 Å². The Kier molecular flexibility index (Phi) is 5.05. The molecule has 1 aromatic carbocycles. The van der Waals surface area contributed by atoms with Gasteiger partial charge in [0.15, 0.2) is 0 Å². The zero-order valence-corrected chi connectivity index (χ0v) is 13.5. The highest BCUT2D eigenvalue weighted by Crippen LogP contribution is 2.19. The number of sulfonamides is 1. The second-order valence-corrected chi connectivity index (χ2v) is 7.96. The molecule has 2 N–H and O–H groups in total. The number of hydroxylamine groups is 1. The molecule has 0 saturated carbocycles. The second kappa shape index (κ2) is 6.64. The molecule has 0 aliphatic carbocycles. The van der Waals surface area contributed by atoms with Crippen molar-refractivity contribution in [1.82, 2.24) is 9.79 Å². The number of nitrogens with one attached hydrogen (secondary N) is 1. The fourth-order valence-corrected chi connectivity index (χ4v) is 3.66. The van der Waals surface area contributed by atoms with Crippen LogP contribution in [0.3, 0.4) is 0 Å². The summed E-state index contributed by atoms with van der Waals surface area (Å²) < 4.78 is 25.8. The molecule has 1 saturated heterocycles. The van der Waals surface area contributed by atoms with Crippen molar-refractivity contribution in [3.05, 3.63) is 29.8 Å². The van der Waals surface area contributed by atoms with Gasteiger partial charge in [0.2, 0.25) is 10.0 Å². The Hall–Kier alpha value is -1.64. The Morgan fingerprint density at radius 1 is 1.14 bits per heavy atom. The molecule has 0 atom stereocenters. The van der Waals surface area contributed by atoms with E-state index >= 15 is 0 Å². The fraction of sp³-hybridized carbons (Fsp3) is 0.500. The lowest BCUT2D eigenvalue weighted by molar-refractivity contribution is 0.0706. The molecule has 1 aliphatic rings. The number of hydrogen-bond acceptors (Lipinski definition) is 5. The van der Waals surface area contributed by atoms with Gasteiger partial charge in [0.25, 0.3) is 5.91 Å². The van der Waals surface area contributed by atoms with Gasteiger partial charge in [0, 0.05) is 37.4 Å². The van der Waals surface area contributed by atoms with E-state index < -0.39 is 21.2 Å².